The summed E-state index contributed by atoms with van der Waals surface area (Å²) in [5.74, 6) is 0. The molecule has 3 heteroatoms. The Morgan fingerprint density at radius 2 is 1.89 bits per heavy atom. The maximum absolute atomic E-state index is 11.3. The molecule has 0 aliphatic rings. The lowest BCUT2D eigenvalue weighted by Gasteiger charge is -2.01. The average molecular weight is 138 g/mol. The molecule has 54 valence electrons. The van der Waals surface area contributed by atoms with E-state index in [4.69, 9.17) is 0 Å². The molecule has 0 saturated heterocycles. The fourth-order valence-corrected chi connectivity index (χ4v) is 0.414. The average Bonchev–Trinajstić information content (AvgIpc) is 1.63. The van der Waals surface area contributed by atoms with E-state index in [1.54, 1.807) is 13.0 Å². The smallest absolute Gasteiger partial charge is 0.171 e. The Kier molecular flexibility index (Phi) is 3.35. The molecule has 0 rings (SSSR count). The lowest BCUT2D eigenvalue weighted by atomic mass is 10.3. The maximum Gasteiger partial charge on any atom is 0.389 e. The quantitative estimate of drug-likeness (QED) is 0.514. The molecular formula is C6H9F3. The fourth-order valence-electron chi connectivity index (χ4n) is 0.414. The summed E-state index contributed by atoms with van der Waals surface area (Å²) in [7, 11) is 0. The minimum atomic E-state index is -4.00. The van der Waals surface area contributed by atoms with Crippen molar-refractivity contribution in [1.29, 1.82) is 0 Å². The number of alkyl halides is 3. The zero-order valence-electron chi connectivity index (χ0n) is 5.20. The van der Waals surface area contributed by atoms with Crippen molar-refractivity contribution in [3.63, 3.8) is 0 Å². The largest absolute Gasteiger partial charge is 0.389 e. The van der Waals surface area contributed by atoms with Crippen LogP contribution in [-0.2, 0) is 0 Å². The van der Waals surface area contributed by atoms with Gasteiger partial charge in [0.1, 0.15) is 0 Å². The van der Waals surface area contributed by atoms with Crippen LogP contribution in [0.4, 0.5) is 13.2 Å². The van der Waals surface area contributed by atoms with Crippen molar-refractivity contribution in [2.75, 3.05) is 0 Å². The van der Waals surface area contributed by atoms with Crippen molar-refractivity contribution in [1.82, 2.24) is 0 Å². The molecule has 0 heterocycles. The van der Waals surface area contributed by atoms with E-state index in [1.165, 1.54) is 6.08 Å². The SMILES string of the molecule is C/C=C\CCC(F)(F)F. The van der Waals surface area contributed by atoms with E-state index in [0.29, 0.717) is 0 Å². The van der Waals surface area contributed by atoms with Gasteiger partial charge in [-0.15, -0.1) is 0 Å². The van der Waals surface area contributed by atoms with Crippen LogP contribution in [-0.4, -0.2) is 6.18 Å². The minimum absolute atomic E-state index is 0.0972. The molecule has 9 heavy (non-hydrogen) atoms. The third-order valence-electron chi connectivity index (χ3n) is 0.830. The van der Waals surface area contributed by atoms with Gasteiger partial charge >= 0.3 is 6.18 Å². The topological polar surface area (TPSA) is 0 Å². The summed E-state index contributed by atoms with van der Waals surface area (Å²) >= 11 is 0. The van der Waals surface area contributed by atoms with E-state index in [9.17, 15) is 13.2 Å². The van der Waals surface area contributed by atoms with E-state index in [-0.39, 0.29) is 6.42 Å². The van der Waals surface area contributed by atoms with E-state index in [2.05, 4.69) is 0 Å². The van der Waals surface area contributed by atoms with Crippen LogP contribution in [0.2, 0.25) is 0 Å². The third-order valence-corrected chi connectivity index (χ3v) is 0.830. The molecule has 0 nitrogen and oxygen atoms in total. The Morgan fingerprint density at radius 1 is 1.33 bits per heavy atom. The van der Waals surface area contributed by atoms with Crippen molar-refractivity contribution in [2.45, 2.75) is 25.9 Å². The Labute approximate surface area is 52.4 Å². The second-order valence-electron chi connectivity index (χ2n) is 1.72. The number of hydrogen-bond acceptors (Lipinski definition) is 0. The fraction of sp³-hybridized carbons (Fsp3) is 0.667. The van der Waals surface area contributed by atoms with Crippen LogP contribution < -0.4 is 0 Å². The summed E-state index contributed by atoms with van der Waals surface area (Å²) in [6, 6.07) is 0. The van der Waals surface area contributed by atoms with Gasteiger partial charge in [-0.1, -0.05) is 12.2 Å². The maximum atomic E-state index is 11.3. The first-order valence-electron chi connectivity index (χ1n) is 2.74. The molecule has 0 aliphatic heterocycles. The lowest BCUT2D eigenvalue weighted by Crippen LogP contribution is -2.05. The van der Waals surface area contributed by atoms with Crippen LogP contribution in [0.5, 0.6) is 0 Å². The molecule has 0 bridgehead atoms. The Balaban J connectivity index is 3.28. The third kappa shape index (κ3) is 7.53. The normalized spacial score (nSPS) is 12.9. The zero-order chi connectivity index (χ0) is 7.33. The predicted molar refractivity (Wildman–Crippen MR) is 30.1 cm³/mol. The van der Waals surface area contributed by atoms with Crippen LogP contribution in [0, 0.1) is 0 Å². The summed E-state index contributed by atoms with van der Waals surface area (Å²) in [6.45, 7) is 1.70. The minimum Gasteiger partial charge on any atom is -0.171 e. The van der Waals surface area contributed by atoms with Crippen molar-refractivity contribution < 1.29 is 13.2 Å². The van der Waals surface area contributed by atoms with Gasteiger partial charge in [-0.2, -0.15) is 13.2 Å². The highest BCUT2D eigenvalue weighted by atomic mass is 19.4. The first kappa shape index (κ1) is 8.53. The molecule has 0 aliphatic carbocycles. The lowest BCUT2D eigenvalue weighted by molar-refractivity contribution is -0.133. The van der Waals surface area contributed by atoms with Crippen molar-refractivity contribution >= 4 is 0 Å². The molecule has 0 fully saturated rings. The number of hydrogen-bond donors (Lipinski definition) is 0. The molecule has 0 aromatic carbocycles. The monoisotopic (exact) mass is 138 g/mol. The number of halogens is 3. The highest BCUT2D eigenvalue weighted by Crippen LogP contribution is 2.21. The summed E-state index contributed by atoms with van der Waals surface area (Å²) in [5.41, 5.74) is 0. The van der Waals surface area contributed by atoms with Crippen LogP contribution in [0.25, 0.3) is 0 Å². The number of rotatable bonds is 2. The second-order valence-corrected chi connectivity index (χ2v) is 1.72. The number of allylic oxidation sites excluding steroid dienone is 2. The van der Waals surface area contributed by atoms with Crippen LogP contribution in [0.1, 0.15) is 19.8 Å². The highest BCUT2D eigenvalue weighted by Gasteiger charge is 2.25. The molecule has 0 aromatic heterocycles. The Hall–Kier alpha value is -0.470. The van der Waals surface area contributed by atoms with Crippen molar-refractivity contribution in [2.24, 2.45) is 0 Å². The van der Waals surface area contributed by atoms with Gasteiger partial charge in [0.2, 0.25) is 0 Å². The van der Waals surface area contributed by atoms with Gasteiger partial charge in [0.25, 0.3) is 0 Å². The summed E-state index contributed by atoms with van der Waals surface area (Å²) in [6.07, 6.45) is -1.49. The van der Waals surface area contributed by atoms with Crippen LogP contribution in [0.15, 0.2) is 12.2 Å². The molecule has 0 amide bonds. The predicted octanol–water partition coefficient (Wildman–Crippen LogP) is 2.91. The molecule has 0 saturated carbocycles. The summed E-state index contributed by atoms with van der Waals surface area (Å²) in [4.78, 5) is 0. The summed E-state index contributed by atoms with van der Waals surface area (Å²) in [5, 5.41) is 0. The van der Waals surface area contributed by atoms with Gasteiger partial charge in [0.05, 0.1) is 0 Å². The second kappa shape index (κ2) is 3.54. The van der Waals surface area contributed by atoms with E-state index in [0.717, 1.165) is 0 Å². The first-order valence-corrected chi connectivity index (χ1v) is 2.74. The van der Waals surface area contributed by atoms with Gasteiger partial charge < -0.3 is 0 Å². The highest BCUT2D eigenvalue weighted by molar-refractivity contribution is 4.77. The molecular weight excluding hydrogens is 129 g/mol. The van der Waals surface area contributed by atoms with E-state index in [1.807, 2.05) is 0 Å². The van der Waals surface area contributed by atoms with E-state index >= 15 is 0 Å². The molecule has 0 N–H and O–H groups in total. The van der Waals surface area contributed by atoms with Crippen LogP contribution in [0.3, 0.4) is 0 Å². The molecule has 0 atom stereocenters. The van der Waals surface area contributed by atoms with Crippen molar-refractivity contribution in [3.05, 3.63) is 12.2 Å². The summed E-state index contributed by atoms with van der Waals surface area (Å²) < 4.78 is 34.0. The molecule has 0 radical (unpaired) electrons. The first-order chi connectivity index (χ1) is 4.06. The molecule has 0 spiro atoms. The van der Waals surface area contributed by atoms with E-state index < -0.39 is 12.6 Å². The zero-order valence-corrected chi connectivity index (χ0v) is 5.20. The molecule has 0 unspecified atom stereocenters. The van der Waals surface area contributed by atoms with Crippen molar-refractivity contribution in [3.8, 4) is 0 Å². The Bertz CT molecular complexity index is 91.0. The molecule has 0 aromatic rings. The Morgan fingerprint density at radius 3 is 2.22 bits per heavy atom. The van der Waals surface area contributed by atoms with Gasteiger partial charge in [-0.05, 0) is 13.3 Å². The van der Waals surface area contributed by atoms with Gasteiger partial charge in [-0.25, -0.2) is 0 Å². The van der Waals surface area contributed by atoms with Gasteiger partial charge in [0, 0.05) is 6.42 Å². The van der Waals surface area contributed by atoms with Gasteiger partial charge in [0.15, 0.2) is 0 Å². The van der Waals surface area contributed by atoms with Gasteiger partial charge in [-0.3, -0.25) is 0 Å². The standard InChI is InChI=1S/C6H9F3/c1-2-3-4-5-6(7,8)9/h2-3H,4-5H2,1H3/b3-2-. The van der Waals surface area contributed by atoms with Crippen LogP contribution >= 0.6 is 0 Å².